The number of nitrogens with two attached hydrogens (primary N) is 1. The van der Waals surface area contributed by atoms with Crippen LogP contribution in [0.5, 0.6) is 5.75 Å². The van der Waals surface area contributed by atoms with Gasteiger partial charge < -0.3 is 15.8 Å². The Bertz CT molecular complexity index is 1550. The Labute approximate surface area is 216 Å². The Balaban J connectivity index is 1.66. The molecule has 5 rings (SSSR count). The van der Waals surface area contributed by atoms with Gasteiger partial charge in [-0.3, -0.25) is 4.79 Å². The fourth-order valence-corrected chi connectivity index (χ4v) is 5.17. The number of methoxy groups -OCH3 is 1. The number of rotatable bonds is 5. The number of thiophene rings is 1. The molecule has 0 aliphatic heterocycles. The molecule has 5 aromatic rings. The van der Waals surface area contributed by atoms with Gasteiger partial charge in [-0.25, -0.2) is 4.98 Å². The summed E-state index contributed by atoms with van der Waals surface area (Å²) in [7, 11) is 1.63. The Kier molecular flexibility index (Phi) is 6.34. The number of carbonyl (C=O) groups excluding carboxylic acids is 1. The second kappa shape index (κ2) is 9.58. The molecule has 0 aliphatic carbocycles. The number of nitrogens with one attached hydrogen (secondary N) is 1. The van der Waals surface area contributed by atoms with Crippen LogP contribution in [0.1, 0.15) is 9.67 Å². The van der Waals surface area contributed by atoms with Crippen LogP contribution in [-0.4, -0.2) is 18.0 Å². The van der Waals surface area contributed by atoms with Crippen molar-refractivity contribution in [1.29, 1.82) is 0 Å². The summed E-state index contributed by atoms with van der Waals surface area (Å²) >= 11 is 13.6. The van der Waals surface area contributed by atoms with Crippen molar-refractivity contribution in [2.24, 2.45) is 0 Å². The number of carbonyl (C=O) groups is 1. The van der Waals surface area contributed by atoms with Crippen LogP contribution >= 0.6 is 34.5 Å². The zero-order chi connectivity index (χ0) is 24.5. The number of nitrogens with zero attached hydrogens (tertiary/aromatic N) is 1. The normalized spacial score (nSPS) is 10.9. The average Bonchev–Trinajstić information content (AvgIpc) is 3.22. The highest BCUT2D eigenvalue weighted by atomic mass is 35.5. The van der Waals surface area contributed by atoms with E-state index in [1.807, 2.05) is 60.7 Å². The van der Waals surface area contributed by atoms with Gasteiger partial charge in [0.1, 0.15) is 15.5 Å². The van der Waals surface area contributed by atoms with Crippen molar-refractivity contribution in [3.05, 3.63) is 93.8 Å². The monoisotopic (exact) mass is 519 g/mol. The zero-order valence-electron chi connectivity index (χ0n) is 18.5. The molecule has 5 nitrogen and oxygen atoms in total. The van der Waals surface area contributed by atoms with Gasteiger partial charge in [-0.05, 0) is 47.5 Å². The fraction of sp³-hybridized carbons (Fsp3) is 0.0370. The summed E-state index contributed by atoms with van der Waals surface area (Å²) in [5.74, 6) is 0.371. The van der Waals surface area contributed by atoms with Crippen LogP contribution in [0.2, 0.25) is 10.0 Å². The number of pyridine rings is 1. The van der Waals surface area contributed by atoms with Gasteiger partial charge in [0, 0.05) is 16.0 Å². The van der Waals surface area contributed by atoms with Crippen LogP contribution in [0.25, 0.3) is 32.6 Å². The zero-order valence-corrected chi connectivity index (χ0v) is 20.8. The largest absolute Gasteiger partial charge is 0.497 e. The van der Waals surface area contributed by atoms with E-state index >= 15 is 0 Å². The number of aromatic nitrogens is 1. The van der Waals surface area contributed by atoms with Gasteiger partial charge in [0.25, 0.3) is 5.91 Å². The summed E-state index contributed by atoms with van der Waals surface area (Å²) in [5, 5.41) is 4.39. The van der Waals surface area contributed by atoms with E-state index in [0.29, 0.717) is 31.1 Å². The van der Waals surface area contributed by atoms with Crippen molar-refractivity contribution in [2.45, 2.75) is 0 Å². The molecule has 174 valence electrons. The Morgan fingerprint density at radius 3 is 2.43 bits per heavy atom. The third-order valence-electron chi connectivity index (χ3n) is 5.55. The minimum Gasteiger partial charge on any atom is -0.497 e. The second-order valence-corrected chi connectivity index (χ2v) is 9.60. The smallest absolute Gasteiger partial charge is 0.267 e. The maximum Gasteiger partial charge on any atom is 0.267 e. The average molecular weight is 520 g/mol. The molecule has 0 aliphatic rings. The molecule has 0 saturated heterocycles. The van der Waals surface area contributed by atoms with Crippen molar-refractivity contribution in [1.82, 2.24) is 4.98 Å². The van der Waals surface area contributed by atoms with Gasteiger partial charge in [-0.1, -0.05) is 65.7 Å². The highest BCUT2D eigenvalue weighted by Crippen LogP contribution is 2.42. The first kappa shape index (κ1) is 23.2. The van der Waals surface area contributed by atoms with E-state index in [2.05, 4.69) is 5.32 Å². The second-order valence-electron chi connectivity index (χ2n) is 7.75. The molecule has 2 aromatic heterocycles. The summed E-state index contributed by atoms with van der Waals surface area (Å²) in [6.45, 7) is 0. The minimum atomic E-state index is -0.378. The van der Waals surface area contributed by atoms with E-state index in [1.165, 1.54) is 11.3 Å². The number of fused-ring (bicyclic) bond motifs is 1. The van der Waals surface area contributed by atoms with Crippen LogP contribution in [0, 0.1) is 0 Å². The van der Waals surface area contributed by atoms with Gasteiger partial charge in [0.2, 0.25) is 0 Å². The summed E-state index contributed by atoms with van der Waals surface area (Å²) in [6, 6.07) is 24.5. The molecule has 0 unspecified atom stereocenters. The minimum absolute atomic E-state index is 0.350. The SMILES string of the molecule is COc1ccc(-c2cc(-c3ccccc3)nc3sc(C(=O)Nc4cc(Cl)ccc4Cl)c(N)c23)cc1. The maximum atomic E-state index is 13.2. The van der Waals surface area contributed by atoms with Gasteiger partial charge >= 0.3 is 0 Å². The van der Waals surface area contributed by atoms with E-state index in [1.54, 1.807) is 25.3 Å². The topological polar surface area (TPSA) is 77.2 Å². The lowest BCUT2D eigenvalue weighted by Crippen LogP contribution is -2.12. The van der Waals surface area contributed by atoms with Crippen molar-refractivity contribution >= 4 is 62.0 Å². The standard InChI is InChI=1S/C27H19Cl2N3O2S/c1-34-18-10-7-15(8-11-18)19-14-21(16-5-3-2-4-6-16)32-27-23(19)24(30)25(35-27)26(33)31-22-13-17(28)9-12-20(22)29/h2-14H,30H2,1H3,(H,31,33). The molecule has 2 heterocycles. The van der Waals surface area contributed by atoms with E-state index in [9.17, 15) is 4.79 Å². The molecule has 0 atom stereocenters. The molecule has 0 bridgehead atoms. The molecule has 3 aromatic carbocycles. The van der Waals surface area contributed by atoms with Crippen LogP contribution in [0.3, 0.4) is 0 Å². The number of nitrogen functional groups attached to an aromatic ring is 1. The van der Waals surface area contributed by atoms with E-state index in [0.717, 1.165) is 33.5 Å². The number of amides is 1. The van der Waals surface area contributed by atoms with E-state index in [4.69, 9.17) is 38.7 Å². The maximum absolute atomic E-state index is 13.2. The molecule has 0 radical (unpaired) electrons. The number of ether oxygens (including phenoxy) is 1. The predicted molar refractivity (Wildman–Crippen MR) is 146 cm³/mol. The lowest BCUT2D eigenvalue weighted by atomic mass is 9.99. The first-order chi connectivity index (χ1) is 16.9. The van der Waals surface area contributed by atoms with Crippen molar-refractivity contribution in [3.63, 3.8) is 0 Å². The molecular formula is C27H19Cl2N3O2S. The highest BCUT2D eigenvalue weighted by Gasteiger charge is 2.22. The van der Waals surface area contributed by atoms with Crippen molar-refractivity contribution in [3.8, 4) is 28.1 Å². The Hall–Kier alpha value is -3.58. The molecule has 0 spiro atoms. The fourth-order valence-electron chi connectivity index (χ4n) is 3.82. The van der Waals surface area contributed by atoms with Gasteiger partial charge in [-0.2, -0.15) is 0 Å². The highest BCUT2D eigenvalue weighted by molar-refractivity contribution is 7.21. The lowest BCUT2D eigenvalue weighted by molar-refractivity contribution is 0.103. The Morgan fingerprint density at radius 2 is 1.71 bits per heavy atom. The van der Waals surface area contributed by atoms with Crippen LogP contribution < -0.4 is 15.8 Å². The summed E-state index contributed by atoms with van der Waals surface area (Å²) in [6.07, 6.45) is 0. The Morgan fingerprint density at radius 1 is 0.971 bits per heavy atom. The summed E-state index contributed by atoms with van der Waals surface area (Å²) in [4.78, 5) is 19.1. The van der Waals surface area contributed by atoms with Crippen molar-refractivity contribution < 1.29 is 9.53 Å². The predicted octanol–water partition coefficient (Wildman–Crippen LogP) is 7.78. The van der Waals surface area contributed by atoms with Gasteiger partial charge in [0.15, 0.2) is 0 Å². The molecular weight excluding hydrogens is 501 g/mol. The number of anilines is 2. The molecule has 8 heteroatoms. The van der Waals surface area contributed by atoms with E-state index < -0.39 is 0 Å². The molecule has 0 fully saturated rings. The molecule has 1 amide bonds. The van der Waals surface area contributed by atoms with Crippen molar-refractivity contribution in [2.75, 3.05) is 18.2 Å². The molecule has 3 N–H and O–H groups in total. The van der Waals surface area contributed by atoms with E-state index in [-0.39, 0.29) is 5.91 Å². The van der Waals surface area contributed by atoms with Crippen LogP contribution in [0.4, 0.5) is 11.4 Å². The number of hydrogen-bond acceptors (Lipinski definition) is 5. The number of benzene rings is 3. The summed E-state index contributed by atoms with van der Waals surface area (Å²) in [5.41, 5.74) is 10.9. The van der Waals surface area contributed by atoms with Crippen LogP contribution in [-0.2, 0) is 0 Å². The lowest BCUT2D eigenvalue weighted by Gasteiger charge is -2.10. The quantitative estimate of drug-likeness (QED) is 0.248. The molecule has 0 saturated carbocycles. The number of hydrogen-bond donors (Lipinski definition) is 2. The van der Waals surface area contributed by atoms with Gasteiger partial charge in [0.05, 0.1) is 29.2 Å². The number of halogens is 2. The van der Waals surface area contributed by atoms with Crippen LogP contribution in [0.15, 0.2) is 78.9 Å². The first-order valence-corrected chi connectivity index (χ1v) is 12.2. The third-order valence-corrected chi connectivity index (χ3v) is 7.22. The van der Waals surface area contributed by atoms with Gasteiger partial charge in [-0.15, -0.1) is 11.3 Å². The first-order valence-electron chi connectivity index (χ1n) is 10.6. The summed E-state index contributed by atoms with van der Waals surface area (Å²) < 4.78 is 5.31. The molecule has 35 heavy (non-hydrogen) atoms. The third kappa shape index (κ3) is 4.56.